The van der Waals surface area contributed by atoms with Crippen molar-refractivity contribution in [2.45, 2.75) is 18.8 Å². The van der Waals surface area contributed by atoms with Crippen LogP contribution in [0.4, 0.5) is 11.4 Å². The fourth-order valence-electron chi connectivity index (χ4n) is 4.42. The summed E-state index contributed by atoms with van der Waals surface area (Å²) in [6, 6.07) is 19.5. The molecule has 2 bridgehead atoms. The van der Waals surface area contributed by atoms with Gasteiger partial charge in [-0.15, -0.1) is 0 Å². The van der Waals surface area contributed by atoms with Crippen LogP contribution in [-0.2, 0) is 0 Å². The second-order valence-corrected chi connectivity index (χ2v) is 6.78. The Morgan fingerprint density at radius 3 is 1.57 bits per heavy atom. The second-order valence-electron chi connectivity index (χ2n) is 6.78. The van der Waals surface area contributed by atoms with Gasteiger partial charge in [-0.05, 0) is 64.6 Å². The molecular formula is C21H18N2. The molecule has 0 fully saturated rings. The van der Waals surface area contributed by atoms with Crippen LogP contribution >= 0.6 is 0 Å². The molecule has 0 spiro atoms. The van der Waals surface area contributed by atoms with Gasteiger partial charge in [0.05, 0.1) is 0 Å². The van der Waals surface area contributed by atoms with E-state index in [2.05, 4.69) is 49.4 Å². The molecule has 0 heterocycles. The number of nitrogen functional groups attached to an aromatic ring is 2. The maximum Gasteiger partial charge on any atom is 0.0350 e. The zero-order valence-corrected chi connectivity index (χ0v) is 13.0. The SMILES string of the molecule is Cc1ccc2c(c1)C1c3ccc(N)cc3C2c2ccc(N)cc21. The van der Waals surface area contributed by atoms with Gasteiger partial charge in [-0.1, -0.05) is 35.9 Å². The van der Waals surface area contributed by atoms with Crippen molar-refractivity contribution in [3.05, 3.63) is 93.5 Å². The first kappa shape index (κ1) is 12.8. The molecule has 4 N–H and O–H groups in total. The maximum atomic E-state index is 6.09. The first-order chi connectivity index (χ1) is 11.1. The molecule has 2 nitrogen and oxygen atoms in total. The summed E-state index contributed by atoms with van der Waals surface area (Å²) in [6.07, 6.45) is 0. The Balaban J connectivity index is 1.90. The molecule has 3 aromatic carbocycles. The molecule has 0 aromatic heterocycles. The molecule has 3 aliphatic rings. The molecule has 2 unspecified atom stereocenters. The minimum atomic E-state index is 0.268. The van der Waals surface area contributed by atoms with Gasteiger partial charge in [0.1, 0.15) is 0 Å². The standard InChI is InChI=1S/C21H18N2/c1-11-2-5-14-17(8-11)21-16-7-4-12(22)9-18(16)20(14)15-6-3-13(23)10-19(15)21/h2-10,20-21H,22-23H2,1H3. The number of hydrogen-bond donors (Lipinski definition) is 2. The molecule has 0 radical (unpaired) electrons. The van der Waals surface area contributed by atoms with Gasteiger partial charge < -0.3 is 11.5 Å². The lowest BCUT2D eigenvalue weighted by molar-refractivity contribution is 0.754. The number of aryl methyl sites for hydroxylation is 1. The number of anilines is 2. The van der Waals surface area contributed by atoms with Gasteiger partial charge >= 0.3 is 0 Å². The lowest BCUT2D eigenvalue weighted by Gasteiger charge is -2.42. The Labute approximate surface area is 135 Å². The van der Waals surface area contributed by atoms with E-state index in [0.717, 1.165) is 11.4 Å². The Morgan fingerprint density at radius 2 is 1.00 bits per heavy atom. The predicted molar refractivity (Wildman–Crippen MR) is 94.8 cm³/mol. The van der Waals surface area contributed by atoms with Gasteiger partial charge in [-0.2, -0.15) is 0 Å². The van der Waals surface area contributed by atoms with Crippen molar-refractivity contribution in [1.82, 2.24) is 0 Å². The Kier molecular flexibility index (Phi) is 2.31. The van der Waals surface area contributed by atoms with Crippen LogP contribution in [0.2, 0.25) is 0 Å². The molecule has 0 aliphatic heterocycles. The Morgan fingerprint density at radius 1 is 0.565 bits per heavy atom. The summed E-state index contributed by atoms with van der Waals surface area (Å²) >= 11 is 0. The first-order valence-corrected chi connectivity index (χ1v) is 8.02. The van der Waals surface area contributed by atoms with Crippen molar-refractivity contribution >= 4 is 11.4 Å². The van der Waals surface area contributed by atoms with Gasteiger partial charge in [0.25, 0.3) is 0 Å². The fourth-order valence-corrected chi connectivity index (χ4v) is 4.42. The molecule has 3 aromatic rings. The molecule has 6 rings (SSSR count). The predicted octanol–water partition coefficient (Wildman–Crippen LogP) is 4.15. The summed E-state index contributed by atoms with van der Waals surface area (Å²) in [5.41, 5.74) is 23.4. The van der Waals surface area contributed by atoms with E-state index in [1.54, 1.807) is 0 Å². The van der Waals surface area contributed by atoms with Crippen LogP contribution in [0.1, 0.15) is 50.8 Å². The second kappa shape index (κ2) is 4.17. The molecule has 2 heteroatoms. The van der Waals surface area contributed by atoms with Gasteiger partial charge in [0.15, 0.2) is 0 Å². The van der Waals surface area contributed by atoms with Crippen LogP contribution in [0.5, 0.6) is 0 Å². The summed E-state index contributed by atoms with van der Waals surface area (Å²) in [5, 5.41) is 0. The third-order valence-corrected chi connectivity index (χ3v) is 5.33. The normalized spacial score (nSPS) is 19.9. The van der Waals surface area contributed by atoms with Crippen LogP contribution in [0.3, 0.4) is 0 Å². The zero-order chi connectivity index (χ0) is 15.7. The van der Waals surface area contributed by atoms with E-state index < -0.39 is 0 Å². The summed E-state index contributed by atoms with van der Waals surface area (Å²) in [7, 11) is 0. The third kappa shape index (κ3) is 1.58. The summed E-state index contributed by atoms with van der Waals surface area (Å²) in [4.78, 5) is 0. The lowest BCUT2D eigenvalue weighted by Crippen LogP contribution is -2.27. The van der Waals surface area contributed by atoms with E-state index in [1.807, 2.05) is 12.1 Å². The zero-order valence-electron chi connectivity index (χ0n) is 13.0. The fraction of sp³-hybridized carbons (Fsp3) is 0.143. The number of hydrogen-bond acceptors (Lipinski definition) is 2. The van der Waals surface area contributed by atoms with Gasteiger partial charge in [-0.25, -0.2) is 0 Å². The summed E-state index contributed by atoms with van der Waals surface area (Å²) < 4.78 is 0. The molecule has 0 saturated heterocycles. The van der Waals surface area contributed by atoms with Crippen molar-refractivity contribution in [2.75, 3.05) is 11.5 Å². The van der Waals surface area contributed by atoms with E-state index in [1.165, 1.54) is 38.9 Å². The number of nitrogens with two attached hydrogens (primary N) is 2. The van der Waals surface area contributed by atoms with Crippen molar-refractivity contribution in [1.29, 1.82) is 0 Å². The highest BCUT2D eigenvalue weighted by atomic mass is 14.6. The largest absolute Gasteiger partial charge is 0.399 e. The highest BCUT2D eigenvalue weighted by Gasteiger charge is 2.41. The monoisotopic (exact) mass is 298 g/mol. The molecule has 23 heavy (non-hydrogen) atoms. The van der Waals surface area contributed by atoms with Crippen LogP contribution in [0, 0.1) is 6.92 Å². The van der Waals surface area contributed by atoms with Crippen molar-refractivity contribution in [3.63, 3.8) is 0 Å². The smallest absolute Gasteiger partial charge is 0.0350 e. The summed E-state index contributed by atoms with van der Waals surface area (Å²) in [5.74, 6) is 0.536. The molecule has 0 amide bonds. The molecule has 0 saturated carbocycles. The van der Waals surface area contributed by atoms with Crippen LogP contribution < -0.4 is 11.5 Å². The third-order valence-electron chi connectivity index (χ3n) is 5.33. The van der Waals surface area contributed by atoms with Gasteiger partial charge in [0, 0.05) is 23.2 Å². The van der Waals surface area contributed by atoms with Gasteiger partial charge in [-0.3, -0.25) is 0 Å². The molecule has 3 aliphatic carbocycles. The van der Waals surface area contributed by atoms with E-state index in [-0.39, 0.29) is 11.8 Å². The minimum Gasteiger partial charge on any atom is -0.399 e. The first-order valence-electron chi connectivity index (χ1n) is 8.02. The molecule has 112 valence electrons. The van der Waals surface area contributed by atoms with Crippen LogP contribution in [-0.4, -0.2) is 0 Å². The summed E-state index contributed by atoms with van der Waals surface area (Å²) in [6.45, 7) is 2.16. The van der Waals surface area contributed by atoms with Gasteiger partial charge in [0.2, 0.25) is 0 Å². The lowest BCUT2D eigenvalue weighted by atomic mass is 9.61. The topological polar surface area (TPSA) is 52.0 Å². The van der Waals surface area contributed by atoms with Crippen molar-refractivity contribution in [2.24, 2.45) is 0 Å². The van der Waals surface area contributed by atoms with E-state index >= 15 is 0 Å². The van der Waals surface area contributed by atoms with Crippen molar-refractivity contribution in [3.8, 4) is 0 Å². The van der Waals surface area contributed by atoms with E-state index in [9.17, 15) is 0 Å². The number of rotatable bonds is 0. The van der Waals surface area contributed by atoms with Crippen molar-refractivity contribution < 1.29 is 0 Å². The van der Waals surface area contributed by atoms with E-state index in [0.29, 0.717) is 0 Å². The molecular weight excluding hydrogens is 280 g/mol. The maximum absolute atomic E-state index is 6.09. The van der Waals surface area contributed by atoms with Crippen LogP contribution in [0.25, 0.3) is 0 Å². The minimum absolute atomic E-state index is 0.268. The Bertz CT molecular complexity index is 918. The number of benzene rings is 3. The average Bonchev–Trinajstić information content (AvgIpc) is 2.53. The Hall–Kier alpha value is -2.74. The highest BCUT2D eigenvalue weighted by Crippen LogP contribution is 2.56. The highest BCUT2D eigenvalue weighted by molar-refractivity contribution is 5.71. The molecule has 2 atom stereocenters. The average molecular weight is 298 g/mol. The van der Waals surface area contributed by atoms with E-state index in [4.69, 9.17) is 11.5 Å². The van der Waals surface area contributed by atoms with Crippen LogP contribution in [0.15, 0.2) is 54.6 Å². The quantitative estimate of drug-likeness (QED) is 0.422.